The lowest BCUT2D eigenvalue weighted by Gasteiger charge is -2.01. The van der Waals surface area contributed by atoms with E-state index in [1.165, 1.54) is 12.1 Å². The van der Waals surface area contributed by atoms with Crippen LogP contribution >= 0.6 is 11.6 Å². The van der Waals surface area contributed by atoms with Crippen LogP contribution in [0.25, 0.3) is 6.08 Å². The van der Waals surface area contributed by atoms with Crippen LogP contribution in [-0.2, 0) is 9.84 Å². The van der Waals surface area contributed by atoms with E-state index in [1.807, 2.05) is 0 Å². The molecule has 1 aromatic carbocycles. The molecule has 0 heterocycles. The third-order valence-electron chi connectivity index (χ3n) is 2.20. The highest BCUT2D eigenvalue weighted by atomic mass is 35.5. The van der Waals surface area contributed by atoms with E-state index in [4.69, 9.17) is 11.6 Å². The Morgan fingerprint density at radius 1 is 1.44 bits per heavy atom. The van der Waals surface area contributed by atoms with Gasteiger partial charge in [0.25, 0.3) is 5.69 Å². The Morgan fingerprint density at radius 3 is 2.61 bits per heavy atom. The van der Waals surface area contributed by atoms with Crippen LogP contribution in [0.5, 0.6) is 0 Å². The molecule has 0 saturated heterocycles. The molecule has 0 bridgehead atoms. The minimum Gasteiger partial charge on any atom is -0.258 e. The number of allylic oxidation sites excluding steroid dienone is 1. The molecule has 98 valence electrons. The first-order valence-electron chi connectivity index (χ1n) is 5.07. The van der Waals surface area contributed by atoms with Gasteiger partial charge in [-0.2, -0.15) is 0 Å². The van der Waals surface area contributed by atoms with Gasteiger partial charge in [-0.05, 0) is 18.6 Å². The molecule has 0 N–H and O–H groups in total. The Hall–Kier alpha value is -1.40. The molecule has 0 aromatic heterocycles. The van der Waals surface area contributed by atoms with Crippen LogP contribution < -0.4 is 0 Å². The van der Waals surface area contributed by atoms with Gasteiger partial charge in [-0.3, -0.25) is 10.1 Å². The summed E-state index contributed by atoms with van der Waals surface area (Å²) >= 11 is 5.49. The van der Waals surface area contributed by atoms with Crippen LogP contribution in [-0.4, -0.2) is 25.5 Å². The fourth-order valence-electron chi connectivity index (χ4n) is 1.33. The molecule has 0 spiro atoms. The zero-order chi connectivity index (χ0) is 13.8. The first-order chi connectivity index (χ1) is 8.36. The lowest BCUT2D eigenvalue weighted by molar-refractivity contribution is -0.385. The molecular weight excluding hydrogens is 278 g/mol. The number of halogens is 1. The van der Waals surface area contributed by atoms with Gasteiger partial charge in [0.15, 0.2) is 9.84 Å². The highest BCUT2D eigenvalue weighted by Crippen LogP contribution is 2.24. The van der Waals surface area contributed by atoms with E-state index in [0.29, 0.717) is 17.9 Å². The normalized spacial score (nSPS) is 11.9. The summed E-state index contributed by atoms with van der Waals surface area (Å²) in [5.41, 5.74) is 0.126. The van der Waals surface area contributed by atoms with Crippen LogP contribution in [0.3, 0.4) is 0 Å². The van der Waals surface area contributed by atoms with Crippen molar-refractivity contribution in [2.75, 3.05) is 12.1 Å². The van der Waals surface area contributed by atoms with Crippen LogP contribution in [0.2, 0.25) is 0 Å². The fraction of sp³-hybridized carbons (Fsp3) is 0.273. The van der Waals surface area contributed by atoms with E-state index in [0.717, 1.165) is 12.3 Å². The van der Waals surface area contributed by atoms with Crippen molar-refractivity contribution < 1.29 is 13.3 Å². The van der Waals surface area contributed by atoms with Gasteiger partial charge in [-0.15, -0.1) is 11.6 Å². The highest BCUT2D eigenvalue weighted by molar-refractivity contribution is 7.90. The topological polar surface area (TPSA) is 77.3 Å². The Bertz CT molecular complexity index is 581. The van der Waals surface area contributed by atoms with E-state index >= 15 is 0 Å². The molecule has 1 aromatic rings. The predicted molar refractivity (Wildman–Crippen MR) is 70.6 cm³/mol. The maximum Gasteiger partial charge on any atom is 0.277 e. The molecular formula is C11H12ClNO4S. The summed E-state index contributed by atoms with van der Waals surface area (Å²) in [5, 5.41) is 10.9. The monoisotopic (exact) mass is 289 g/mol. The van der Waals surface area contributed by atoms with Crippen molar-refractivity contribution >= 4 is 33.2 Å². The number of hydrogen-bond acceptors (Lipinski definition) is 4. The quantitative estimate of drug-likeness (QED) is 0.474. The van der Waals surface area contributed by atoms with Gasteiger partial charge in [0.05, 0.1) is 15.4 Å². The Labute approximate surface area is 110 Å². The van der Waals surface area contributed by atoms with Crippen LogP contribution in [0.4, 0.5) is 5.69 Å². The highest BCUT2D eigenvalue weighted by Gasteiger charge is 2.16. The van der Waals surface area contributed by atoms with Crippen LogP contribution in [0.15, 0.2) is 29.2 Å². The Kier molecular flexibility index (Phi) is 4.86. The maximum absolute atomic E-state index is 11.3. The smallest absolute Gasteiger partial charge is 0.258 e. The second-order valence-corrected chi connectivity index (χ2v) is 6.02. The molecule has 5 nitrogen and oxygen atoms in total. The third kappa shape index (κ3) is 3.82. The summed E-state index contributed by atoms with van der Waals surface area (Å²) in [6, 6.07) is 3.83. The minimum atomic E-state index is -3.45. The number of nitro groups is 1. The first-order valence-corrected chi connectivity index (χ1v) is 7.50. The second kappa shape index (κ2) is 5.97. The van der Waals surface area contributed by atoms with Gasteiger partial charge in [0, 0.05) is 18.2 Å². The van der Waals surface area contributed by atoms with E-state index in [-0.39, 0.29) is 10.6 Å². The average molecular weight is 290 g/mol. The Morgan fingerprint density at radius 2 is 2.11 bits per heavy atom. The summed E-state index contributed by atoms with van der Waals surface area (Å²) in [6.07, 6.45) is 4.86. The predicted octanol–water partition coefficient (Wildman–Crippen LogP) is 2.64. The maximum atomic E-state index is 11.3. The molecule has 18 heavy (non-hydrogen) atoms. The molecule has 0 radical (unpaired) electrons. The van der Waals surface area contributed by atoms with E-state index < -0.39 is 14.8 Å². The summed E-state index contributed by atoms with van der Waals surface area (Å²) in [6.45, 7) is 0. The van der Waals surface area contributed by atoms with Crippen molar-refractivity contribution in [2.24, 2.45) is 0 Å². The van der Waals surface area contributed by atoms with Crippen molar-refractivity contribution in [3.8, 4) is 0 Å². The molecule has 1 rings (SSSR count). The second-order valence-electron chi connectivity index (χ2n) is 3.63. The average Bonchev–Trinajstić information content (AvgIpc) is 2.28. The largest absolute Gasteiger partial charge is 0.277 e. The van der Waals surface area contributed by atoms with Crippen molar-refractivity contribution in [1.82, 2.24) is 0 Å². The fourth-order valence-corrected chi connectivity index (χ4v) is 2.09. The summed E-state index contributed by atoms with van der Waals surface area (Å²) in [7, 11) is -3.45. The number of sulfone groups is 1. The van der Waals surface area contributed by atoms with Crippen molar-refractivity contribution in [1.29, 1.82) is 0 Å². The molecule has 0 amide bonds. The van der Waals surface area contributed by atoms with Crippen molar-refractivity contribution in [2.45, 2.75) is 11.3 Å². The summed E-state index contributed by atoms with van der Waals surface area (Å²) < 4.78 is 22.6. The van der Waals surface area contributed by atoms with Crippen LogP contribution in [0, 0.1) is 10.1 Å². The zero-order valence-electron chi connectivity index (χ0n) is 9.67. The van der Waals surface area contributed by atoms with Gasteiger partial charge < -0.3 is 0 Å². The molecule has 0 saturated carbocycles. The molecule has 0 fully saturated rings. The van der Waals surface area contributed by atoms with Crippen LogP contribution in [0.1, 0.15) is 12.0 Å². The number of hydrogen-bond donors (Lipinski definition) is 0. The number of benzene rings is 1. The molecule has 0 aliphatic rings. The lowest BCUT2D eigenvalue weighted by atomic mass is 10.1. The van der Waals surface area contributed by atoms with Gasteiger partial charge in [0.2, 0.25) is 0 Å². The number of alkyl halides is 1. The van der Waals surface area contributed by atoms with E-state index in [9.17, 15) is 18.5 Å². The molecule has 0 aliphatic heterocycles. The van der Waals surface area contributed by atoms with Crippen molar-refractivity contribution in [3.05, 3.63) is 40.0 Å². The molecule has 0 aliphatic carbocycles. The van der Waals surface area contributed by atoms with Gasteiger partial charge >= 0.3 is 0 Å². The SMILES string of the molecule is CS(=O)(=O)c1ccc(C=CCCCl)c([N+](=O)[O-])c1. The number of rotatable bonds is 5. The number of nitro benzene ring substituents is 1. The first kappa shape index (κ1) is 14.7. The lowest BCUT2D eigenvalue weighted by Crippen LogP contribution is -2.00. The summed E-state index contributed by atoms with van der Waals surface area (Å²) in [4.78, 5) is 10.2. The minimum absolute atomic E-state index is 0.0660. The third-order valence-corrected chi connectivity index (χ3v) is 3.53. The van der Waals surface area contributed by atoms with E-state index in [2.05, 4.69) is 0 Å². The van der Waals surface area contributed by atoms with Gasteiger partial charge in [-0.25, -0.2) is 8.42 Å². The summed E-state index contributed by atoms with van der Waals surface area (Å²) in [5.74, 6) is 0.422. The Balaban J connectivity index is 3.25. The zero-order valence-corrected chi connectivity index (χ0v) is 11.2. The molecule has 0 atom stereocenters. The van der Waals surface area contributed by atoms with E-state index in [1.54, 1.807) is 12.2 Å². The number of nitrogens with zero attached hydrogens (tertiary/aromatic N) is 1. The van der Waals surface area contributed by atoms with Gasteiger partial charge in [-0.1, -0.05) is 12.2 Å². The molecule has 0 unspecified atom stereocenters. The van der Waals surface area contributed by atoms with Crippen molar-refractivity contribution in [3.63, 3.8) is 0 Å². The van der Waals surface area contributed by atoms with Gasteiger partial charge in [0.1, 0.15) is 0 Å². The molecule has 7 heteroatoms. The standard InChI is InChI=1S/C11H12ClNO4S/c1-18(16,17)10-6-5-9(4-2-3-7-12)11(8-10)13(14)15/h2,4-6,8H,3,7H2,1H3.